The van der Waals surface area contributed by atoms with Crippen molar-refractivity contribution in [3.8, 4) is 11.4 Å². The number of fused-ring (bicyclic) bond motifs is 1. The fourth-order valence-corrected chi connectivity index (χ4v) is 4.15. The lowest BCUT2D eigenvalue weighted by Gasteiger charge is -2.16. The molecule has 1 atom stereocenters. The second-order valence-electron chi connectivity index (χ2n) is 7.74. The summed E-state index contributed by atoms with van der Waals surface area (Å²) in [5.74, 6) is 0.558. The summed E-state index contributed by atoms with van der Waals surface area (Å²) in [5, 5.41) is 6.80. The Morgan fingerprint density at radius 2 is 1.97 bits per heavy atom. The van der Waals surface area contributed by atoms with Gasteiger partial charge in [0.15, 0.2) is 0 Å². The molecular weight excluding hydrogens is 436 g/mol. The highest BCUT2D eigenvalue weighted by Crippen LogP contribution is 2.24. The van der Waals surface area contributed by atoms with Gasteiger partial charge in [0.1, 0.15) is 10.7 Å². The van der Waals surface area contributed by atoms with Gasteiger partial charge in [0, 0.05) is 18.9 Å². The fraction of sp³-hybridized carbons (Fsp3) is 0.292. The number of thiazole rings is 1. The molecule has 0 spiro atoms. The summed E-state index contributed by atoms with van der Waals surface area (Å²) in [7, 11) is 1.65. The molecular formula is C24H26N6O2S. The maximum absolute atomic E-state index is 12.7. The van der Waals surface area contributed by atoms with Crippen LogP contribution in [0.4, 0.5) is 0 Å². The Labute approximate surface area is 195 Å². The van der Waals surface area contributed by atoms with Gasteiger partial charge in [-0.2, -0.15) is 0 Å². The van der Waals surface area contributed by atoms with E-state index in [1.807, 2.05) is 36.4 Å². The standard InChI is InChI=1S/C24H26N6O2S/c1-25-22(31)10-4-2-3-9-19(30-24(32)21-14-26-15-33-21)23-27-13-20(29-23)18-12-11-16-7-5-6-8-17(16)28-18/h5-8,11-15,19H,2-4,9-10H2,1H3,(H,25,31)(H,27,29)(H,30,32). The lowest BCUT2D eigenvalue weighted by atomic mass is 10.1. The van der Waals surface area contributed by atoms with Gasteiger partial charge in [-0.1, -0.05) is 37.1 Å². The predicted molar refractivity (Wildman–Crippen MR) is 129 cm³/mol. The molecule has 0 saturated heterocycles. The number of carbonyl (C=O) groups excluding carboxylic acids is 2. The molecule has 0 bridgehead atoms. The molecule has 1 unspecified atom stereocenters. The summed E-state index contributed by atoms with van der Waals surface area (Å²) in [6, 6.07) is 11.7. The van der Waals surface area contributed by atoms with E-state index in [0.717, 1.165) is 41.6 Å². The van der Waals surface area contributed by atoms with E-state index in [2.05, 4.69) is 25.6 Å². The first-order chi connectivity index (χ1) is 16.1. The van der Waals surface area contributed by atoms with Crippen LogP contribution >= 0.6 is 11.3 Å². The first-order valence-electron chi connectivity index (χ1n) is 10.9. The highest BCUT2D eigenvalue weighted by Gasteiger charge is 2.20. The first-order valence-corrected chi connectivity index (χ1v) is 11.8. The predicted octanol–water partition coefficient (Wildman–Crippen LogP) is 4.25. The molecule has 33 heavy (non-hydrogen) atoms. The van der Waals surface area contributed by atoms with Crippen molar-refractivity contribution in [1.29, 1.82) is 0 Å². The van der Waals surface area contributed by atoms with Crippen LogP contribution in [0.3, 0.4) is 0 Å². The average molecular weight is 463 g/mol. The molecule has 0 radical (unpaired) electrons. The van der Waals surface area contributed by atoms with Gasteiger partial charge in [-0.05, 0) is 25.0 Å². The monoisotopic (exact) mass is 462 g/mol. The van der Waals surface area contributed by atoms with E-state index in [0.29, 0.717) is 23.5 Å². The van der Waals surface area contributed by atoms with Crippen molar-refractivity contribution in [2.75, 3.05) is 7.05 Å². The fourth-order valence-electron chi connectivity index (χ4n) is 3.63. The Morgan fingerprint density at radius 1 is 1.09 bits per heavy atom. The summed E-state index contributed by atoms with van der Waals surface area (Å²) in [4.78, 5) is 41.3. The van der Waals surface area contributed by atoms with E-state index >= 15 is 0 Å². The van der Waals surface area contributed by atoms with Crippen molar-refractivity contribution in [1.82, 2.24) is 30.6 Å². The molecule has 1 aromatic carbocycles. The molecule has 2 amide bonds. The Bertz CT molecular complexity index is 1220. The first kappa shape index (κ1) is 22.6. The van der Waals surface area contributed by atoms with Gasteiger partial charge in [0.05, 0.1) is 40.9 Å². The smallest absolute Gasteiger partial charge is 0.263 e. The summed E-state index contributed by atoms with van der Waals surface area (Å²) in [6.45, 7) is 0. The number of hydrogen-bond acceptors (Lipinski definition) is 6. The number of amides is 2. The number of benzene rings is 1. The minimum Gasteiger partial charge on any atom is -0.359 e. The molecule has 3 aromatic heterocycles. The average Bonchev–Trinajstić information content (AvgIpc) is 3.55. The van der Waals surface area contributed by atoms with Crippen molar-refractivity contribution in [2.45, 2.75) is 38.1 Å². The van der Waals surface area contributed by atoms with Crippen molar-refractivity contribution >= 4 is 34.1 Å². The van der Waals surface area contributed by atoms with E-state index in [1.54, 1.807) is 25.0 Å². The van der Waals surface area contributed by atoms with Gasteiger partial charge < -0.3 is 15.6 Å². The zero-order valence-electron chi connectivity index (χ0n) is 18.4. The van der Waals surface area contributed by atoms with Gasteiger partial charge in [-0.15, -0.1) is 11.3 Å². The Morgan fingerprint density at radius 3 is 2.79 bits per heavy atom. The number of H-pyrrole nitrogens is 1. The molecule has 0 aliphatic heterocycles. The van der Waals surface area contributed by atoms with E-state index in [-0.39, 0.29) is 17.9 Å². The third-order valence-corrected chi connectivity index (χ3v) is 6.21. The number of nitrogens with zero attached hydrogens (tertiary/aromatic N) is 3. The highest BCUT2D eigenvalue weighted by atomic mass is 32.1. The van der Waals surface area contributed by atoms with E-state index in [4.69, 9.17) is 4.98 Å². The number of nitrogens with one attached hydrogen (secondary N) is 3. The van der Waals surface area contributed by atoms with Crippen molar-refractivity contribution in [3.63, 3.8) is 0 Å². The van der Waals surface area contributed by atoms with Crippen LogP contribution in [0.5, 0.6) is 0 Å². The molecule has 3 N–H and O–H groups in total. The third kappa shape index (κ3) is 5.81. The maximum Gasteiger partial charge on any atom is 0.263 e. The quantitative estimate of drug-likeness (QED) is 0.305. The maximum atomic E-state index is 12.7. The molecule has 3 heterocycles. The van der Waals surface area contributed by atoms with Crippen molar-refractivity contribution in [3.05, 3.63) is 65.0 Å². The van der Waals surface area contributed by atoms with E-state index in [9.17, 15) is 9.59 Å². The number of imidazole rings is 1. The van der Waals surface area contributed by atoms with Crippen LogP contribution in [0.25, 0.3) is 22.3 Å². The largest absolute Gasteiger partial charge is 0.359 e. The molecule has 0 aliphatic carbocycles. The number of pyridine rings is 1. The normalized spacial score (nSPS) is 11.9. The molecule has 8 nitrogen and oxygen atoms in total. The summed E-state index contributed by atoms with van der Waals surface area (Å²) < 4.78 is 0. The lowest BCUT2D eigenvalue weighted by Crippen LogP contribution is -2.28. The van der Waals surface area contributed by atoms with E-state index < -0.39 is 0 Å². The van der Waals surface area contributed by atoms with Crippen LogP contribution in [0.1, 0.15) is 53.6 Å². The molecule has 9 heteroatoms. The molecule has 0 saturated carbocycles. The third-order valence-electron chi connectivity index (χ3n) is 5.44. The van der Waals surface area contributed by atoms with E-state index in [1.165, 1.54) is 11.3 Å². The zero-order valence-corrected chi connectivity index (χ0v) is 19.2. The second kappa shape index (κ2) is 10.8. The molecule has 170 valence electrons. The Balaban J connectivity index is 1.48. The molecule has 4 rings (SSSR count). The number of unbranched alkanes of at least 4 members (excludes halogenated alkanes) is 2. The number of aromatic nitrogens is 4. The van der Waals surface area contributed by atoms with Gasteiger partial charge in [0.25, 0.3) is 5.91 Å². The summed E-state index contributed by atoms with van der Waals surface area (Å²) in [5.41, 5.74) is 4.15. The van der Waals surface area contributed by atoms with Crippen molar-refractivity contribution in [2.24, 2.45) is 0 Å². The number of hydrogen-bond donors (Lipinski definition) is 3. The minimum atomic E-state index is -0.284. The Hall–Kier alpha value is -3.59. The number of rotatable bonds is 10. The van der Waals surface area contributed by atoms with Crippen LogP contribution in [0.2, 0.25) is 0 Å². The lowest BCUT2D eigenvalue weighted by molar-refractivity contribution is -0.120. The van der Waals surface area contributed by atoms with Crippen LogP contribution < -0.4 is 10.6 Å². The minimum absolute atomic E-state index is 0.0450. The van der Waals surface area contributed by atoms with Gasteiger partial charge in [-0.25, -0.2) is 9.97 Å². The van der Waals surface area contributed by atoms with Crippen LogP contribution in [0.15, 0.2) is 54.3 Å². The van der Waals surface area contributed by atoms with Gasteiger partial charge in [0.2, 0.25) is 5.91 Å². The van der Waals surface area contributed by atoms with Crippen LogP contribution in [0, 0.1) is 0 Å². The number of aromatic amines is 1. The van der Waals surface area contributed by atoms with Crippen LogP contribution in [-0.2, 0) is 4.79 Å². The SMILES string of the molecule is CNC(=O)CCCCCC(NC(=O)c1cncs1)c1ncc(-c2ccc3ccccc3n2)[nH]1. The number of para-hydroxylation sites is 1. The Kier molecular flexibility index (Phi) is 7.41. The highest BCUT2D eigenvalue weighted by molar-refractivity contribution is 7.11. The van der Waals surface area contributed by atoms with Gasteiger partial charge in [-0.3, -0.25) is 14.6 Å². The van der Waals surface area contributed by atoms with Crippen molar-refractivity contribution < 1.29 is 9.59 Å². The van der Waals surface area contributed by atoms with Crippen LogP contribution in [-0.4, -0.2) is 38.8 Å². The molecule has 0 aliphatic rings. The zero-order chi connectivity index (χ0) is 23.0. The molecule has 4 aromatic rings. The second-order valence-corrected chi connectivity index (χ2v) is 8.62. The van der Waals surface area contributed by atoms with Gasteiger partial charge >= 0.3 is 0 Å². The summed E-state index contributed by atoms with van der Waals surface area (Å²) >= 11 is 1.30. The summed E-state index contributed by atoms with van der Waals surface area (Å²) in [6.07, 6.45) is 7.08. The number of carbonyl (C=O) groups is 2. The molecule has 0 fully saturated rings. The topological polar surface area (TPSA) is 113 Å².